The van der Waals surface area contributed by atoms with Crippen molar-refractivity contribution in [2.45, 2.75) is 19.4 Å². The monoisotopic (exact) mass is 286 g/mol. The van der Waals surface area contributed by atoms with Crippen LogP contribution in [0.2, 0.25) is 0 Å². The zero-order chi connectivity index (χ0) is 15.2. The van der Waals surface area contributed by atoms with Crippen molar-refractivity contribution in [1.82, 2.24) is 10.2 Å². The summed E-state index contributed by atoms with van der Waals surface area (Å²) in [6.07, 6.45) is 0.404. The molecule has 0 saturated carbocycles. The number of hydrogen-bond donors (Lipinski definition) is 2. The molecule has 2 N–H and O–H groups in total. The van der Waals surface area contributed by atoms with E-state index in [2.05, 4.69) is 10.6 Å². The lowest BCUT2D eigenvalue weighted by Gasteiger charge is -2.25. The summed E-state index contributed by atoms with van der Waals surface area (Å²) >= 11 is 0. The Balaban J connectivity index is 1.98. The molecule has 1 atom stereocenters. The van der Waals surface area contributed by atoms with Crippen LogP contribution in [0.25, 0.3) is 0 Å². The van der Waals surface area contributed by atoms with Gasteiger partial charge >= 0.3 is 0 Å². The molecule has 1 aromatic rings. The fraction of sp³-hybridized carbons (Fsp3) is 0.400. The van der Waals surface area contributed by atoms with E-state index in [-0.39, 0.29) is 17.9 Å². The first-order chi connectivity index (χ1) is 10.1. The molecule has 6 heteroatoms. The number of amides is 2. The standard InChI is InChI=1S/C15H18N4O2/c1-11(19-7-5-14(20)17-6-8-19)15(21)18-13-4-2-3-12(9-13)10-16/h2-4,9,11H,5-8H2,1H3,(H,17,20)(H,18,21). The van der Waals surface area contributed by atoms with Crippen LogP contribution in [0.4, 0.5) is 5.69 Å². The molecule has 0 spiro atoms. The first kappa shape index (κ1) is 15.0. The van der Waals surface area contributed by atoms with Crippen LogP contribution in [-0.4, -0.2) is 42.4 Å². The average molecular weight is 286 g/mol. The normalized spacial score (nSPS) is 17.2. The zero-order valence-corrected chi connectivity index (χ0v) is 11.9. The SMILES string of the molecule is CC(C(=O)Nc1cccc(C#N)c1)N1CCNC(=O)CC1. The fourth-order valence-corrected chi connectivity index (χ4v) is 2.25. The van der Waals surface area contributed by atoms with E-state index >= 15 is 0 Å². The van der Waals surface area contributed by atoms with Crippen LogP contribution in [0.3, 0.4) is 0 Å². The number of hydrogen-bond acceptors (Lipinski definition) is 4. The molecule has 2 rings (SSSR count). The van der Waals surface area contributed by atoms with Gasteiger partial charge in [-0.2, -0.15) is 5.26 Å². The second-order valence-electron chi connectivity index (χ2n) is 4.99. The van der Waals surface area contributed by atoms with Gasteiger partial charge < -0.3 is 10.6 Å². The summed E-state index contributed by atoms with van der Waals surface area (Å²) in [5.74, 6) is -0.119. The predicted octanol–water partition coefficient (Wildman–Crippen LogP) is 0.707. The van der Waals surface area contributed by atoms with Crippen LogP contribution < -0.4 is 10.6 Å². The Labute approximate surface area is 123 Å². The maximum atomic E-state index is 12.3. The number of nitrogens with zero attached hydrogens (tertiary/aromatic N) is 2. The second kappa shape index (κ2) is 6.86. The zero-order valence-electron chi connectivity index (χ0n) is 11.9. The minimum atomic E-state index is -0.330. The summed E-state index contributed by atoms with van der Waals surface area (Å²) < 4.78 is 0. The van der Waals surface area contributed by atoms with Gasteiger partial charge in [-0.05, 0) is 25.1 Å². The van der Waals surface area contributed by atoms with E-state index in [1.54, 1.807) is 24.3 Å². The first-order valence-corrected chi connectivity index (χ1v) is 6.92. The Morgan fingerprint density at radius 2 is 2.29 bits per heavy atom. The Bertz CT molecular complexity index is 579. The van der Waals surface area contributed by atoms with E-state index in [4.69, 9.17) is 5.26 Å². The van der Waals surface area contributed by atoms with Crippen molar-refractivity contribution >= 4 is 17.5 Å². The number of anilines is 1. The topological polar surface area (TPSA) is 85.2 Å². The molecule has 0 aliphatic carbocycles. The highest BCUT2D eigenvalue weighted by Crippen LogP contribution is 2.12. The van der Waals surface area contributed by atoms with Crippen molar-refractivity contribution in [3.05, 3.63) is 29.8 Å². The van der Waals surface area contributed by atoms with E-state index in [9.17, 15) is 9.59 Å². The van der Waals surface area contributed by atoms with Gasteiger partial charge in [0.2, 0.25) is 11.8 Å². The molecule has 1 fully saturated rings. The van der Waals surface area contributed by atoms with Crippen LogP contribution in [0, 0.1) is 11.3 Å². The Morgan fingerprint density at radius 3 is 3.05 bits per heavy atom. The third kappa shape index (κ3) is 4.04. The summed E-state index contributed by atoms with van der Waals surface area (Å²) in [5, 5.41) is 14.4. The Hall–Kier alpha value is -2.39. The van der Waals surface area contributed by atoms with E-state index in [0.29, 0.717) is 37.3 Å². The van der Waals surface area contributed by atoms with Gasteiger partial charge in [0, 0.05) is 31.7 Å². The summed E-state index contributed by atoms with van der Waals surface area (Å²) in [7, 11) is 0. The number of benzene rings is 1. The number of carbonyl (C=O) groups excluding carboxylic acids is 2. The van der Waals surface area contributed by atoms with Crippen molar-refractivity contribution in [2.24, 2.45) is 0 Å². The van der Waals surface area contributed by atoms with Crippen molar-refractivity contribution < 1.29 is 9.59 Å². The molecular formula is C15H18N4O2. The van der Waals surface area contributed by atoms with Gasteiger partial charge in [0.25, 0.3) is 0 Å². The molecule has 1 aliphatic rings. The third-order valence-corrected chi connectivity index (χ3v) is 3.53. The smallest absolute Gasteiger partial charge is 0.241 e. The second-order valence-corrected chi connectivity index (χ2v) is 4.99. The summed E-state index contributed by atoms with van der Waals surface area (Å²) in [6, 6.07) is 8.51. The van der Waals surface area contributed by atoms with Crippen molar-refractivity contribution in [3.8, 4) is 6.07 Å². The van der Waals surface area contributed by atoms with Crippen LogP contribution in [0.1, 0.15) is 18.9 Å². The summed E-state index contributed by atoms with van der Waals surface area (Å²) in [6.45, 7) is 3.59. The van der Waals surface area contributed by atoms with Gasteiger partial charge in [0.15, 0.2) is 0 Å². The Morgan fingerprint density at radius 1 is 1.48 bits per heavy atom. The molecule has 1 aromatic carbocycles. The molecule has 1 unspecified atom stereocenters. The highest BCUT2D eigenvalue weighted by atomic mass is 16.2. The lowest BCUT2D eigenvalue weighted by atomic mass is 10.2. The van der Waals surface area contributed by atoms with Gasteiger partial charge in [0.1, 0.15) is 0 Å². The van der Waals surface area contributed by atoms with E-state index in [1.165, 1.54) is 0 Å². The number of nitriles is 1. The lowest BCUT2D eigenvalue weighted by molar-refractivity contribution is -0.122. The molecule has 2 amide bonds. The van der Waals surface area contributed by atoms with Crippen molar-refractivity contribution in [3.63, 3.8) is 0 Å². The third-order valence-electron chi connectivity index (χ3n) is 3.53. The molecule has 110 valence electrons. The number of nitrogens with one attached hydrogen (secondary N) is 2. The highest BCUT2D eigenvalue weighted by molar-refractivity contribution is 5.94. The van der Waals surface area contributed by atoms with E-state index in [1.807, 2.05) is 17.9 Å². The number of rotatable bonds is 3. The summed E-state index contributed by atoms with van der Waals surface area (Å²) in [5.41, 5.74) is 1.11. The molecule has 0 aromatic heterocycles. The van der Waals surface area contributed by atoms with Crippen LogP contribution in [0.5, 0.6) is 0 Å². The van der Waals surface area contributed by atoms with Gasteiger partial charge in [-0.15, -0.1) is 0 Å². The first-order valence-electron chi connectivity index (χ1n) is 6.92. The highest BCUT2D eigenvalue weighted by Gasteiger charge is 2.23. The van der Waals surface area contributed by atoms with E-state index in [0.717, 1.165) is 0 Å². The quantitative estimate of drug-likeness (QED) is 0.857. The van der Waals surface area contributed by atoms with Gasteiger partial charge in [-0.1, -0.05) is 6.07 Å². The van der Waals surface area contributed by atoms with Crippen LogP contribution >= 0.6 is 0 Å². The maximum absolute atomic E-state index is 12.3. The number of carbonyl (C=O) groups is 2. The largest absolute Gasteiger partial charge is 0.355 e. The molecule has 21 heavy (non-hydrogen) atoms. The molecule has 6 nitrogen and oxygen atoms in total. The molecule has 1 saturated heterocycles. The van der Waals surface area contributed by atoms with Gasteiger partial charge in [-0.25, -0.2) is 0 Å². The average Bonchev–Trinajstić information content (AvgIpc) is 2.71. The molecular weight excluding hydrogens is 268 g/mol. The fourth-order valence-electron chi connectivity index (χ4n) is 2.25. The predicted molar refractivity (Wildman–Crippen MR) is 78.4 cm³/mol. The minimum Gasteiger partial charge on any atom is -0.355 e. The molecule has 0 bridgehead atoms. The van der Waals surface area contributed by atoms with Crippen molar-refractivity contribution in [2.75, 3.05) is 25.0 Å². The van der Waals surface area contributed by atoms with Crippen molar-refractivity contribution in [1.29, 1.82) is 5.26 Å². The van der Waals surface area contributed by atoms with E-state index < -0.39 is 0 Å². The van der Waals surface area contributed by atoms with Gasteiger partial charge in [-0.3, -0.25) is 14.5 Å². The minimum absolute atomic E-state index is 0.0202. The van der Waals surface area contributed by atoms with Crippen LogP contribution in [-0.2, 0) is 9.59 Å². The van der Waals surface area contributed by atoms with Gasteiger partial charge in [0.05, 0.1) is 17.7 Å². The molecule has 0 radical (unpaired) electrons. The maximum Gasteiger partial charge on any atom is 0.241 e. The summed E-state index contributed by atoms with van der Waals surface area (Å²) in [4.78, 5) is 25.6. The van der Waals surface area contributed by atoms with Crippen LogP contribution in [0.15, 0.2) is 24.3 Å². The molecule has 1 aliphatic heterocycles. The Kier molecular flexibility index (Phi) is 4.90. The molecule has 1 heterocycles. The lowest BCUT2D eigenvalue weighted by Crippen LogP contribution is -2.43.